The molecule has 1 aliphatic heterocycles. The van der Waals surface area contributed by atoms with Crippen molar-refractivity contribution in [1.29, 1.82) is 0 Å². The molecule has 1 N–H and O–H groups in total. The molecular weight excluding hydrogens is 250 g/mol. The second kappa shape index (κ2) is 7.41. The van der Waals surface area contributed by atoms with Crippen LogP contribution in [0.3, 0.4) is 0 Å². The first-order chi connectivity index (χ1) is 9.72. The maximum absolute atomic E-state index is 5.19. The van der Waals surface area contributed by atoms with Crippen LogP contribution in [0.15, 0.2) is 23.8 Å². The highest BCUT2D eigenvalue weighted by Crippen LogP contribution is 2.20. The highest BCUT2D eigenvalue weighted by atomic mass is 16.5. The third kappa shape index (κ3) is 4.05. The summed E-state index contributed by atoms with van der Waals surface area (Å²) in [5.74, 6) is 1.09. The lowest BCUT2D eigenvalue weighted by molar-refractivity contribution is 0.222. The first-order valence-corrected chi connectivity index (χ1v) is 7.33. The second-order valence-corrected chi connectivity index (χ2v) is 5.25. The molecule has 1 aliphatic rings. The molecule has 1 aromatic rings. The predicted molar refractivity (Wildman–Crippen MR) is 83.1 cm³/mol. The molecule has 110 valence electrons. The Morgan fingerprint density at radius 2 is 2.25 bits per heavy atom. The molecule has 1 aromatic heterocycles. The van der Waals surface area contributed by atoms with Crippen molar-refractivity contribution in [1.82, 2.24) is 10.3 Å². The smallest absolute Gasteiger partial charge is 0.129 e. The molecule has 0 amide bonds. The Hall–Kier alpha value is -1.39. The van der Waals surface area contributed by atoms with Gasteiger partial charge in [0.1, 0.15) is 5.82 Å². The van der Waals surface area contributed by atoms with Crippen molar-refractivity contribution < 1.29 is 4.74 Å². The largest absolute Gasteiger partial charge is 0.380 e. The standard InChI is InChI=1S/C16H25N3O/c1-4-17-11-15-9-13(2)18-16(10-15)19-7-5-14(6-8-19)12-20-3/h5,9-10,17H,4,6-8,11-12H2,1-3H3. The highest BCUT2D eigenvalue weighted by molar-refractivity contribution is 5.44. The Morgan fingerprint density at radius 3 is 2.90 bits per heavy atom. The van der Waals surface area contributed by atoms with E-state index in [0.29, 0.717) is 0 Å². The zero-order valence-electron chi connectivity index (χ0n) is 12.8. The summed E-state index contributed by atoms with van der Waals surface area (Å²) in [6.45, 7) is 8.79. The first-order valence-electron chi connectivity index (χ1n) is 7.33. The lowest BCUT2D eigenvalue weighted by Gasteiger charge is -2.28. The van der Waals surface area contributed by atoms with E-state index in [2.05, 4.69) is 47.3 Å². The number of hydrogen-bond donors (Lipinski definition) is 1. The van der Waals surface area contributed by atoms with Gasteiger partial charge in [-0.15, -0.1) is 0 Å². The molecular formula is C16H25N3O. The van der Waals surface area contributed by atoms with Gasteiger partial charge in [-0.25, -0.2) is 4.98 Å². The molecule has 4 nitrogen and oxygen atoms in total. The van der Waals surface area contributed by atoms with E-state index in [4.69, 9.17) is 4.74 Å². The first kappa shape index (κ1) is 15.0. The number of ether oxygens (including phenoxy) is 1. The Bertz CT molecular complexity index is 471. The molecule has 0 aromatic carbocycles. The van der Waals surface area contributed by atoms with Crippen molar-refractivity contribution in [3.63, 3.8) is 0 Å². The molecule has 0 saturated carbocycles. The van der Waals surface area contributed by atoms with Crippen molar-refractivity contribution in [3.8, 4) is 0 Å². The van der Waals surface area contributed by atoms with Crippen LogP contribution < -0.4 is 10.2 Å². The van der Waals surface area contributed by atoms with Gasteiger partial charge in [-0.2, -0.15) is 0 Å². The van der Waals surface area contributed by atoms with Crippen LogP contribution in [0.25, 0.3) is 0 Å². The van der Waals surface area contributed by atoms with Gasteiger partial charge in [-0.05, 0) is 43.2 Å². The fourth-order valence-electron chi connectivity index (χ4n) is 2.49. The minimum absolute atomic E-state index is 0.751. The lowest BCUT2D eigenvalue weighted by atomic mass is 10.1. The van der Waals surface area contributed by atoms with E-state index in [0.717, 1.165) is 50.7 Å². The van der Waals surface area contributed by atoms with E-state index < -0.39 is 0 Å². The summed E-state index contributed by atoms with van der Waals surface area (Å²) in [7, 11) is 1.75. The number of nitrogens with zero attached hydrogens (tertiary/aromatic N) is 2. The van der Waals surface area contributed by atoms with Gasteiger partial charge in [-0.1, -0.05) is 13.0 Å². The van der Waals surface area contributed by atoms with Crippen molar-refractivity contribution in [2.75, 3.05) is 38.3 Å². The van der Waals surface area contributed by atoms with Crippen LogP contribution >= 0.6 is 0 Å². The molecule has 2 rings (SSSR count). The van der Waals surface area contributed by atoms with Crippen LogP contribution in [0, 0.1) is 6.92 Å². The zero-order valence-corrected chi connectivity index (χ0v) is 12.8. The van der Waals surface area contributed by atoms with Gasteiger partial charge in [-0.3, -0.25) is 0 Å². The molecule has 0 spiro atoms. The average Bonchev–Trinajstić information content (AvgIpc) is 2.46. The second-order valence-electron chi connectivity index (χ2n) is 5.25. The number of pyridine rings is 1. The number of anilines is 1. The van der Waals surface area contributed by atoms with Crippen molar-refractivity contribution in [3.05, 3.63) is 35.0 Å². The normalized spacial score (nSPS) is 15.3. The number of nitrogens with one attached hydrogen (secondary N) is 1. The monoisotopic (exact) mass is 275 g/mol. The van der Waals surface area contributed by atoms with Crippen molar-refractivity contribution in [2.24, 2.45) is 0 Å². The van der Waals surface area contributed by atoms with Gasteiger partial charge in [0.05, 0.1) is 6.61 Å². The SMILES string of the molecule is CCNCc1cc(C)nc(N2CC=C(COC)CC2)c1. The minimum Gasteiger partial charge on any atom is -0.380 e. The van der Waals surface area contributed by atoms with E-state index in [9.17, 15) is 0 Å². The summed E-state index contributed by atoms with van der Waals surface area (Å²) in [6.07, 6.45) is 3.33. The number of aryl methyl sites for hydroxylation is 1. The Labute approximate surface area is 121 Å². The van der Waals surface area contributed by atoms with Gasteiger partial charge in [0, 0.05) is 32.4 Å². The summed E-state index contributed by atoms with van der Waals surface area (Å²) in [5, 5.41) is 3.37. The quantitative estimate of drug-likeness (QED) is 0.808. The molecule has 0 saturated heterocycles. The van der Waals surface area contributed by atoms with Gasteiger partial charge in [0.15, 0.2) is 0 Å². The number of methoxy groups -OCH3 is 1. The molecule has 0 atom stereocenters. The lowest BCUT2D eigenvalue weighted by Crippen LogP contribution is -2.30. The zero-order chi connectivity index (χ0) is 14.4. The van der Waals surface area contributed by atoms with Crippen LogP contribution in [0.2, 0.25) is 0 Å². The average molecular weight is 275 g/mol. The van der Waals surface area contributed by atoms with Gasteiger partial charge in [0.2, 0.25) is 0 Å². The number of hydrogen-bond acceptors (Lipinski definition) is 4. The summed E-state index contributed by atoms with van der Waals surface area (Å²) in [5.41, 5.74) is 3.78. The highest BCUT2D eigenvalue weighted by Gasteiger charge is 2.14. The molecule has 0 radical (unpaired) electrons. The molecule has 0 aliphatic carbocycles. The predicted octanol–water partition coefficient (Wildman–Crippen LogP) is 2.28. The van der Waals surface area contributed by atoms with E-state index in [-0.39, 0.29) is 0 Å². The molecule has 0 bridgehead atoms. The fraction of sp³-hybridized carbons (Fsp3) is 0.562. The third-order valence-corrected chi connectivity index (χ3v) is 3.54. The topological polar surface area (TPSA) is 37.4 Å². The summed E-state index contributed by atoms with van der Waals surface area (Å²) < 4.78 is 5.19. The van der Waals surface area contributed by atoms with Crippen molar-refractivity contribution >= 4 is 5.82 Å². The summed E-state index contributed by atoms with van der Waals surface area (Å²) in [4.78, 5) is 7.01. The molecule has 2 heterocycles. The van der Waals surface area contributed by atoms with E-state index in [1.54, 1.807) is 7.11 Å². The van der Waals surface area contributed by atoms with Gasteiger partial charge < -0.3 is 15.0 Å². The minimum atomic E-state index is 0.751. The summed E-state index contributed by atoms with van der Waals surface area (Å²) >= 11 is 0. The fourth-order valence-corrected chi connectivity index (χ4v) is 2.49. The van der Waals surface area contributed by atoms with Crippen LogP contribution in [0.1, 0.15) is 24.6 Å². The number of rotatable bonds is 6. The Balaban J connectivity index is 2.07. The molecule has 0 fully saturated rings. The molecule has 20 heavy (non-hydrogen) atoms. The van der Waals surface area contributed by atoms with Crippen LogP contribution in [0.4, 0.5) is 5.82 Å². The summed E-state index contributed by atoms with van der Waals surface area (Å²) in [6, 6.07) is 4.35. The van der Waals surface area contributed by atoms with Crippen LogP contribution in [0.5, 0.6) is 0 Å². The maximum Gasteiger partial charge on any atom is 0.129 e. The van der Waals surface area contributed by atoms with E-state index in [1.807, 2.05) is 0 Å². The van der Waals surface area contributed by atoms with E-state index >= 15 is 0 Å². The maximum atomic E-state index is 5.19. The molecule has 4 heteroatoms. The molecule has 0 unspecified atom stereocenters. The Kier molecular flexibility index (Phi) is 5.56. The van der Waals surface area contributed by atoms with Crippen molar-refractivity contribution in [2.45, 2.75) is 26.8 Å². The van der Waals surface area contributed by atoms with Crippen LogP contribution in [-0.2, 0) is 11.3 Å². The van der Waals surface area contributed by atoms with E-state index in [1.165, 1.54) is 11.1 Å². The van der Waals surface area contributed by atoms with Gasteiger partial charge >= 0.3 is 0 Å². The third-order valence-electron chi connectivity index (χ3n) is 3.54. The van der Waals surface area contributed by atoms with Crippen LogP contribution in [-0.4, -0.2) is 38.3 Å². The number of aromatic nitrogens is 1. The van der Waals surface area contributed by atoms with Gasteiger partial charge in [0.25, 0.3) is 0 Å². The Morgan fingerprint density at radius 1 is 1.40 bits per heavy atom.